The van der Waals surface area contributed by atoms with Crippen LogP contribution in [0.3, 0.4) is 0 Å². The topological polar surface area (TPSA) is 29.5 Å². The highest BCUT2D eigenvalue weighted by Crippen LogP contribution is 2.36. The molecule has 3 nitrogen and oxygen atoms in total. The molecule has 1 aromatic carbocycles. The molecule has 0 aliphatic carbocycles. The van der Waals surface area contributed by atoms with Gasteiger partial charge in [-0.1, -0.05) is 18.7 Å². The highest BCUT2D eigenvalue weighted by Gasteiger charge is 2.40. The molecule has 0 N–H and O–H groups in total. The summed E-state index contributed by atoms with van der Waals surface area (Å²) >= 11 is 0. The molecule has 24 heavy (non-hydrogen) atoms. The molecule has 1 aromatic rings. The van der Waals surface area contributed by atoms with Gasteiger partial charge in [-0.05, 0) is 37.6 Å². The fourth-order valence-corrected chi connectivity index (χ4v) is 3.66. The van der Waals surface area contributed by atoms with Gasteiger partial charge in [0.1, 0.15) is 6.10 Å². The summed E-state index contributed by atoms with van der Waals surface area (Å²) in [6.07, 6.45) is -0.687. The Kier molecular flexibility index (Phi) is 4.42. The highest BCUT2D eigenvalue weighted by molar-refractivity contribution is 6.15. The van der Waals surface area contributed by atoms with Gasteiger partial charge in [0.2, 0.25) is 0 Å². The van der Waals surface area contributed by atoms with Crippen molar-refractivity contribution in [2.24, 2.45) is 0 Å². The number of halogens is 3. The molecule has 2 aliphatic rings. The van der Waals surface area contributed by atoms with E-state index < -0.39 is 17.7 Å². The summed E-state index contributed by atoms with van der Waals surface area (Å²) in [4.78, 5) is 14.6. The van der Waals surface area contributed by atoms with Gasteiger partial charge in [0.05, 0.1) is 11.1 Å². The van der Waals surface area contributed by atoms with Crippen LogP contribution in [0.15, 0.2) is 30.8 Å². The minimum atomic E-state index is -4.40. The standard InChI is InChI=1S/C18H20F3NO2/c1-11(12-3-5-13(6-4-12)18(19,20)21)17(23)24-16-9-14-7-8-15(10-16)22(14)2/h3-6,14-16H,1,7-10H2,2H3/t14-,15+,16?. The van der Waals surface area contributed by atoms with E-state index in [1.807, 2.05) is 0 Å². The van der Waals surface area contributed by atoms with Gasteiger partial charge in [-0.15, -0.1) is 0 Å². The smallest absolute Gasteiger partial charge is 0.416 e. The Bertz CT molecular complexity index is 625. The Morgan fingerprint density at radius 1 is 1.17 bits per heavy atom. The van der Waals surface area contributed by atoms with E-state index in [4.69, 9.17) is 4.74 Å². The maximum atomic E-state index is 12.6. The summed E-state index contributed by atoms with van der Waals surface area (Å²) in [6.45, 7) is 3.68. The number of fused-ring (bicyclic) bond motifs is 2. The molecule has 0 amide bonds. The van der Waals surface area contributed by atoms with Gasteiger partial charge < -0.3 is 9.64 Å². The summed E-state index contributed by atoms with van der Waals surface area (Å²) in [5.74, 6) is -0.552. The van der Waals surface area contributed by atoms with Crippen molar-refractivity contribution in [2.45, 2.75) is 50.0 Å². The number of rotatable bonds is 3. The number of benzene rings is 1. The molecular weight excluding hydrogens is 319 g/mol. The second-order valence-corrected chi connectivity index (χ2v) is 6.60. The quantitative estimate of drug-likeness (QED) is 0.618. The summed E-state index contributed by atoms with van der Waals surface area (Å²) in [5, 5.41) is 0. The van der Waals surface area contributed by atoms with Gasteiger partial charge in [-0.3, -0.25) is 0 Å². The molecule has 0 spiro atoms. The lowest BCUT2D eigenvalue weighted by molar-refractivity contribution is -0.145. The average molecular weight is 339 g/mol. The zero-order valence-corrected chi connectivity index (χ0v) is 13.5. The van der Waals surface area contributed by atoms with Crippen molar-refractivity contribution in [2.75, 3.05) is 7.05 Å². The fraction of sp³-hybridized carbons (Fsp3) is 0.500. The zero-order valence-electron chi connectivity index (χ0n) is 13.5. The Hall–Kier alpha value is -1.82. The van der Waals surface area contributed by atoms with Crippen LogP contribution < -0.4 is 0 Å². The predicted octanol–water partition coefficient (Wildman–Crippen LogP) is 3.89. The fourth-order valence-electron chi connectivity index (χ4n) is 3.66. The Morgan fingerprint density at radius 3 is 2.21 bits per heavy atom. The molecule has 2 aliphatic heterocycles. The molecular formula is C18H20F3NO2. The SMILES string of the molecule is C=C(C(=O)OC1C[C@H]2CC[C@@H](C1)N2C)c1ccc(C(F)(F)F)cc1. The summed E-state index contributed by atoms with van der Waals surface area (Å²) < 4.78 is 43.3. The van der Waals surface area contributed by atoms with Crippen molar-refractivity contribution in [1.29, 1.82) is 0 Å². The molecule has 3 atom stereocenters. The Labute approximate surface area is 139 Å². The molecule has 2 saturated heterocycles. The first-order chi connectivity index (χ1) is 11.3. The molecule has 0 radical (unpaired) electrons. The zero-order chi connectivity index (χ0) is 17.5. The van der Waals surface area contributed by atoms with Crippen molar-refractivity contribution in [3.63, 3.8) is 0 Å². The van der Waals surface area contributed by atoms with E-state index >= 15 is 0 Å². The summed E-state index contributed by atoms with van der Waals surface area (Å²) in [6, 6.07) is 5.30. The van der Waals surface area contributed by atoms with Gasteiger partial charge in [0.15, 0.2) is 0 Å². The van der Waals surface area contributed by atoms with E-state index in [1.165, 1.54) is 12.1 Å². The number of hydrogen-bond donors (Lipinski definition) is 0. The number of piperidine rings is 1. The number of esters is 1. The third-order valence-corrected chi connectivity index (χ3v) is 5.14. The van der Waals surface area contributed by atoms with E-state index in [2.05, 4.69) is 18.5 Å². The Morgan fingerprint density at radius 2 is 1.71 bits per heavy atom. The van der Waals surface area contributed by atoms with E-state index in [9.17, 15) is 18.0 Å². The van der Waals surface area contributed by atoms with Gasteiger partial charge in [0, 0.05) is 24.9 Å². The number of ether oxygens (including phenoxy) is 1. The van der Waals surface area contributed by atoms with Crippen LogP contribution in [0.4, 0.5) is 13.2 Å². The molecule has 2 bridgehead atoms. The van der Waals surface area contributed by atoms with Crippen LogP contribution in [-0.4, -0.2) is 36.1 Å². The number of carbonyl (C=O) groups excluding carboxylic acids is 1. The molecule has 2 fully saturated rings. The maximum absolute atomic E-state index is 12.6. The minimum absolute atomic E-state index is 0.0926. The third kappa shape index (κ3) is 3.34. The molecule has 3 rings (SSSR count). The van der Waals surface area contributed by atoms with Crippen LogP contribution >= 0.6 is 0 Å². The molecule has 6 heteroatoms. The van der Waals surface area contributed by atoms with E-state index in [0.717, 1.165) is 37.8 Å². The number of hydrogen-bond acceptors (Lipinski definition) is 3. The van der Waals surface area contributed by atoms with Crippen molar-refractivity contribution >= 4 is 11.5 Å². The number of carbonyl (C=O) groups is 1. The largest absolute Gasteiger partial charge is 0.459 e. The normalized spacial score (nSPS) is 27.1. The van der Waals surface area contributed by atoms with Crippen molar-refractivity contribution < 1.29 is 22.7 Å². The van der Waals surface area contributed by atoms with Crippen LogP contribution in [0.25, 0.3) is 5.57 Å². The van der Waals surface area contributed by atoms with Crippen LogP contribution in [0.5, 0.6) is 0 Å². The highest BCUT2D eigenvalue weighted by atomic mass is 19.4. The van der Waals surface area contributed by atoms with Crippen LogP contribution in [-0.2, 0) is 15.7 Å². The summed E-state index contributed by atoms with van der Waals surface area (Å²) in [7, 11) is 2.10. The molecule has 130 valence electrons. The van der Waals surface area contributed by atoms with Crippen LogP contribution in [0, 0.1) is 0 Å². The van der Waals surface area contributed by atoms with Gasteiger partial charge in [0.25, 0.3) is 0 Å². The third-order valence-electron chi connectivity index (χ3n) is 5.14. The van der Waals surface area contributed by atoms with Crippen LogP contribution in [0.2, 0.25) is 0 Å². The predicted molar refractivity (Wildman–Crippen MR) is 84.2 cm³/mol. The lowest BCUT2D eigenvalue weighted by Gasteiger charge is -2.35. The van der Waals surface area contributed by atoms with Crippen molar-refractivity contribution in [3.05, 3.63) is 42.0 Å². The van der Waals surface area contributed by atoms with Gasteiger partial charge >= 0.3 is 12.1 Å². The molecule has 0 aromatic heterocycles. The molecule has 2 heterocycles. The van der Waals surface area contributed by atoms with Crippen molar-refractivity contribution in [3.8, 4) is 0 Å². The first kappa shape index (κ1) is 17.0. The minimum Gasteiger partial charge on any atom is -0.459 e. The molecule has 0 saturated carbocycles. The maximum Gasteiger partial charge on any atom is 0.416 e. The van der Waals surface area contributed by atoms with E-state index in [0.29, 0.717) is 17.6 Å². The summed E-state index contributed by atoms with van der Waals surface area (Å²) in [5.41, 5.74) is -0.307. The van der Waals surface area contributed by atoms with E-state index in [1.54, 1.807) is 0 Å². The lowest BCUT2D eigenvalue weighted by Crippen LogP contribution is -2.43. The average Bonchev–Trinajstić information content (AvgIpc) is 2.74. The second kappa shape index (κ2) is 6.24. The second-order valence-electron chi connectivity index (χ2n) is 6.60. The monoisotopic (exact) mass is 339 g/mol. The molecule has 1 unspecified atom stereocenters. The van der Waals surface area contributed by atoms with Gasteiger partial charge in [-0.2, -0.15) is 13.2 Å². The first-order valence-corrected chi connectivity index (χ1v) is 8.05. The number of nitrogens with zero attached hydrogens (tertiary/aromatic N) is 1. The Balaban J connectivity index is 1.62. The van der Waals surface area contributed by atoms with Crippen LogP contribution in [0.1, 0.15) is 36.8 Å². The number of alkyl halides is 3. The van der Waals surface area contributed by atoms with Gasteiger partial charge in [-0.25, -0.2) is 4.79 Å². The first-order valence-electron chi connectivity index (χ1n) is 8.05. The van der Waals surface area contributed by atoms with E-state index in [-0.39, 0.29) is 11.7 Å². The van der Waals surface area contributed by atoms with Crippen molar-refractivity contribution in [1.82, 2.24) is 4.90 Å². The lowest BCUT2D eigenvalue weighted by atomic mass is 10.00.